The third-order valence-corrected chi connectivity index (χ3v) is 9.23. The molecule has 0 aliphatic carbocycles. The molecule has 1 atom stereocenters. The van der Waals surface area contributed by atoms with E-state index < -0.39 is 0 Å². The van der Waals surface area contributed by atoms with Gasteiger partial charge in [0.1, 0.15) is 11.2 Å². The zero-order chi connectivity index (χ0) is 27.6. The van der Waals surface area contributed by atoms with E-state index in [9.17, 15) is 5.26 Å². The number of aromatic nitrogens is 1. The van der Waals surface area contributed by atoms with E-state index >= 15 is 0 Å². The lowest BCUT2D eigenvalue weighted by Crippen LogP contribution is -2.36. The third-order valence-electron chi connectivity index (χ3n) is 6.32. The molecule has 39 heavy (non-hydrogen) atoms. The summed E-state index contributed by atoms with van der Waals surface area (Å²) in [5.74, 6) is 0.507. The average molecular weight is 581 g/mol. The SMILES string of the molecule is CCCN1C(=CC(C)Cc2sc3ccccc3[n+]2CCC)Sc2ccccc21.Cc1ccc(SOO[O-])cc1. The number of thioether (sulfide) groups is 1. The fraction of sp³-hybridized carbons (Fsp3) is 0.323. The quantitative estimate of drug-likeness (QED) is 0.0824. The summed E-state index contributed by atoms with van der Waals surface area (Å²) in [5.41, 5.74) is 3.92. The molecule has 0 radical (unpaired) electrons. The van der Waals surface area contributed by atoms with Crippen LogP contribution in [0.2, 0.25) is 0 Å². The van der Waals surface area contributed by atoms with E-state index in [-0.39, 0.29) is 0 Å². The molecule has 206 valence electrons. The minimum Gasteiger partial charge on any atom is -0.691 e. The van der Waals surface area contributed by atoms with Gasteiger partial charge in [-0.2, -0.15) is 8.90 Å². The summed E-state index contributed by atoms with van der Waals surface area (Å²) in [6.45, 7) is 11.1. The van der Waals surface area contributed by atoms with E-state index in [1.165, 1.54) is 37.3 Å². The van der Waals surface area contributed by atoms with Gasteiger partial charge >= 0.3 is 0 Å². The fourth-order valence-electron chi connectivity index (χ4n) is 4.56. The summed E-state index contributed by atoms with van der Waals surface area (Å²) >= 11 is 4.78. The summed E-state index contributed by atoms with van der Waals surface area (Å²) in [5, 5.41) is 15.5. The summed E-state index contributed by atoms with van der Waals surface area (Å²) in [4.78, 5) is 4.73. The molecular weight excluding hydrogens is 545 g/mol. The largest absolute Gasteiger partial charge is 0.691 e. The predicted octanol–water partition coefficient (Wildman–Crippen LogP) is 7.87. The smallest absolute Gasteiger partial charge is 0.238 e. The summed E-state index contributed by atoms with van der Waals surface area (Å²) in [6.07, 6.45) is 5.91. The Hall–Kier alpha value is -2.33. The van der Waals surface area contributed by atoms with E-state index in [1.54, 1.807) is 0 Å². The number of hydrogen-bond acceptors (Lipinski definition) is 7. The van der Waals surface area contributed by atoms with E-state index in [0.29, 0.717) is 5.92 Å². The van der Waals surface area contributed by atoms with Crippen molar-refractivity contribution >= 4 is 51.0 Å². The van der Waals surface area contributed by atoms with E-state index in [0.717, 1.165) is 48.4 Å². The van der Waals surface area contributed by atoms with Crippen LogP contribution in [0.1, 0.15) is 44.2 Å². The van der Waals surface area contributed by atoms with Crippen molar-refractivity contribution < 1.29 is 19.2 Å². The van der Waals surface area contributed by atoms with Crippen LogP contribution in [0.15, 0.2) is 93.7 Å². The van der Waals surface area contributed by atoms with Crippen molar-refractivity contribution in [2.45, 2.75) is 63.3 Å². The predicted molar refractivity (Wildman–Crippen MR) is 162 cm³/mol. The molecule has 5 rings (SSSR count). The van der Waals surface area contributed by atoms with Crippen LogP contribution in [0, 0.1) is 12.8 Å². The Morgan fingerprint density at radius 1 is 1.00 bits per heavy atom. The van der Waals surface area contributed by atoms with E-state index in [4.69, 9.17) is 0 Å². The summed E-state index contributed by atoms with van der Waals surface area (Å²) < 4.78 is 8.06. The number of allylic oxidation sites excluding steroid dienone is 1. The van der Waals surface area contributed by atoms with Crippen LogP contribution in [0.4, 0.5) is 5.69 Å². The maximum absolute atomic E-state index is 9.43. The van der Waals surface area contributed by atoms with E-state index in [1.807, 2.05) is 54.3 Å². The van der Waals surface area contributed by atoms with Gasteiger partial charge in [-0.3, -0.25) is 5.04 Å². The number of hydrogen-bond donors (Lipinski definition) is 0. The first-order valence-corrected chi connectivity index (χ1v) is 15.8. The maximum atomic E-state index is 9.43. The standard InChI is InChI=1S/C24H29N2S2.C7H8O3S/c1-4-14-25-19-10-6-8-12-21(19)27-23(25)16-18(3)17-24-26(15-5-2)20-11-7-9-13-22(20)28-24;1-6-2-4-7(5-3-6)11-10-9-8/h6-13,16,18H,4-5,14-15,17H2,1-3H3;2-5,8H,1H3/q+1;/p-1. The zero-order valence-corrected chi connectivity index (χ0v) is 25.4. The van der Waals surface area contributed by atoms with Crippen molar-refractivity contribution in [3.05, 3.63) is 94.5 Å². The number of anilines is 1. The Balaban J connectivity index is 0.000000270. The lowest BCUT2D eigenvalue weighted by Gasteiger charge is -2.20. The van der Waals surface area contributed by atoms with E-state index in [2.05, 4.69) is 94.2 Å². The molecule has 1 unspecified atom stereocenters. The zero-order valence-electron chi connectivity index (χ0n) is 23.0. The van der Waals surface area contributed by atoms with Crippen LogP contribution in [-0.2, 0) is 22.3 Å². The Morgan fingerprint density at radius 3 is 2.49 bits per heavy atom. The number of thiazole rings is 1. The van der Waals surface area contributed by atoms with Gasteiger partial charge in [-0.15, -0.1) is 0 Å². The molecule has 0 bridgehead atoms. The number of nitrogens with zero attached hydrogens (tertiary/aromatic N) is 2. The normalized spacial score (nSPS) is 14.4. The average Bonchev–Trinajstić information content (AvgIpc) is 3.46. The highest BCUT2D eigenvalue weighted by atomic mass is 32.2. The van der Waals surface area contributed by atoms with Crippen molar-refractivity contribution in [3.63, 3.8) is 0 Å². The van der Waals surface area contributed by atoms with Crippen molar-refractivity contribution in [3.8, 4) is 0 Å². The molecule has 0 N–H and O–H groups in total. The molecule has 1 aliphatic heterocycles. The lowest BCUT2D eigenvalue weighted by molar-refractivity contribution is -0.777. The van der Waals surface area contributed by atoms with Gasteiger partial charge in [0, 0.05) is 35.2 Å². The maximum Gasteiger partial charge on any atom is 0.238 e. The van der Waals surface area contributed by atoms with Crippen molar-refractivity contribution in [2.75, 3.05) is 11.4 Å². The number of benzene rings is 3. The Labute approximate surface area is 244 Å². The highest BCUT2D eigenvalue weighted by Crippen LogP contribution is 2.46. The molecule has 2 heterocycles. The van der Waals surface area contributed by atoms with Crippen molar-refractivity contribution in [1.82, 2.24) is 0 Å². The van der Waals surface area contributed by atoms with Gasteiger partial charge in [0.15, 0.2) is 0 Å². The number of rotatable bonds is 10. The van der Waals surface area contributed by atoms with Gasteiger partial charge in [0.25, 0.3) is 0 Å². The number of para-hydroxylation sites is 2. The van der Waals surface area contributed by atoms with Gasteiger partial charge in [-0.1, -0.05) is 91.9 Å². The number of fused-ring (bicyclic) bond motifs is 2. The highest BCUT2D eigenvalue weighted by Gasteiger charge is 2.26. The first-order chi connectivity index (χ1) is 19.0. The molecule has 0 saturated heterocycles. The molecule has 1 aliphatic rings. The Morgan fingerprint density at radius 2 is 1.74 bits per heavy atom. The molecule has 0 saturated carbocycles. The monoisotopic (exact) mass is 580 g/mol. The van der Waals surface area contributed by atoms with Crippen LogP contribution < -0.4 is 14.7 Å². The van der Waals surface area contributed by atoms with Crippen LogP contribution in [0.25, 0.3) is 10.2 Å². The second-order valence-electron chi connectivity index (χ2n) is 9.56. The number of aryl methyl sites for hydroxylation is 2. The topological polar surface area (TPSA) is 48.6 Å². The second-order valence-corrected chi connectivity index (χ2v) is 12.5. The van der Waals surface area contributed by atoms with Crippen LogP contribution in [-0.4, -0.2) is 6.54 Å². The van der Waals surface area contributed by atoms with Crippen molar-refractivity contribution in [2.24, 2.45) is 5.92 Å². The van der Waals surface area contributed by atoms with Crippen LogP contribution >= 0.6 is 35.1 Å². The van der Waals surface area contributed by atoms with Crippen molar-refractivity contribution in [1.29, 1.82) is 0 Å². The molecule has 0 fully saturated rings. The molecule has 5 nitrogen and oxygen atoms in total. The lowest BCUT2D eigenvalue weighted by atomic mass is 10.1. The van der Waals surface area contributed by atoms with Gasteiger partial charge in [0.05, 0.1) is 22.8 Å². The molecule has 0 amide bonds. The Bertz CT molecular complexity index is 1370. The summed E-state index contributed by atoms with van der Waals surface area (Å²) in [7, 11) is 0. The minimum atomic E-state index is 0.507. The molecule has 0 spiro atoms. The van der Waals surface area contributed by atoms with Gasteiger partial charge in [-0.05, 0) is 49.6 Å². The third kappa shape index (κ3) is 7.87. The second kappa shape index (κ2) is 14.9. The van der Waals surface area contributed by atoms with Gasteiger partial charge < -0.3 is 10.2 Å². The summed E-state index contributed by atoms with van der Waals surface area (Å²) in [6, 6.07) is 25.2. The van der Waals surface area contributed by atoms with Crippen LogP contribution in [0.3, 0.4) is 0 Å². The Kier molecular flexibility index (Phi) is 11.3. The first-order valence-electron chi connectivity index (χ1n) is 13.4. The molecule has 1 aromatic heterocycles. The van der Waals surface area contributed by atoms with Gasteiger partial charge in [-0.25, -0.2) is 0 Å². The minimum absolute atomic E-state index is 0.507. The first kappa shape index (κ1) is 29.6. The molecule has 8 heteroatoms. The highest BCUT2D eigenvalue weighted by molar-refractivity contribution is 8.03. The van der Waals surface area contributed by atoms with Gasteiger partial charge in [0.2, 0.25) is 10.5 Å². The van der Waals surface area contributed by atoms with Crippen LogP contribution in [0.5, 0.6) is 0 Å². The molecule has 3 aromatic carbocycles. The molecule has 4 aromatic rings. The molecular formula is C31H36N2O3S3. The fourth-order valence-corrected chi connectivity index (χ4v) is 7.50.